The third kappa shape index (κ3) is 4.10. The minimum absolute atomic E-state index is 0.342. The smallest absolute Gasteiger partial charge is 0.161 e. The molecule has 1 aromatic carbocycles. The van der Waals surface area contributed by atoms with Crippen molar-refractivity contribution in [3.8, 4) is 11.5 Å². The van der Waals surface area contributed by atoms with Crippen LogP contribution in [-0.2, 0) is 0 Å². The fraction of sp³-hybridized carbons (Fsp3) is 0.571. The second-order valence-electron chi connectivity index (χ2n) is 3.87. The van der Waals surface area contributed by atoms with Crippen molar-refractivity contribution in [2.45, 2.75) is 19.9 Å². The van der Waals surface area contributed by atoms with E-state index in [1.165, 1.54) is 5.56 Å². The van der Waals surface area contributed by atoms with Gasteiger partial charge in [0, 0.05) is 11.8 Å². The van der Waals surface area contributed by atoms with Crippen LogP contribution in [0.5, 0.6) is 11.5 Å². The van der Waals surface area contributed by atoms with Crippen LogP contribution < -0.4 is 14.8 Å². The number of hydrogen-bond donors (Lipinski definition) is 1. The average molecular weight is 269 g/mol. The molecule has 1 aromatic rings. The highest BCUT2D eigenvalue weighted by Gasteiger charge is 2.12. The number of ether oxygens (including phenoxy) is 2. The second kappa shape index (κ2) is 8.27. The molecule has 0 aliphatic carbocycles. The maximum atomic E-state index is 5.64. The first-order valence-corrected chi connectivity index (χ1v) is 7.71. The first-order chi connectivity index (χ1) is 8.76. The standard InChI is InChI=1S/C14H23NO2S/c1-5-16-13-8-7-11(9-14(13)17-6-2)12(15-3)10-18-4/h7-9,12,15H,5-6,10H2,1-4H3. The number of rotatable bonds is 8. The Balaban J connectivity index is 2.96. The Labute approximate surface area is 114 Å². The van der Waals surface area contributed by atoms with E-state index in [0.29, 0.717) is 19.3 Å². The summed E-state index contributed by atoms with van der Waals surface area (Å²) in [7, 11) is 1.98. The Morgan fingerprint density at radius 2 is 1.83 bits per heavy atom. The van der Waals surface area contributed by atoms with E-state index in [2.05, 4.69) is 23.7 Å². The summed E-state index contributed by atoms with van der Waals surface area (Å²) in [6.45, 7) is 5.27. The molecule has 18 heavy (non-hydrogen) atoms. The van der Waals surface area contributed by atoms with E-state index < -0.39 is 0 Å². The summed E-state index contributed by atoms with van der Waals surface area (Å²) in [6.07, 6.45) is 2.11. The van der Waals surface area contributed by atoms with Crippen molar-refractivity contribution >= 4 is 11.8 Å². The van der Waals surface area contributed by atoms with Crippen LogP contribution in [0.3, 0.4) is 0 Å². The highest BCUT2D eigenvalue weighted by atomic mass is 32.2. The molecule has 0 radical (unpaired) electrons. The molecular weight excluding hydrogens is 246 g/mol. The maximum absolute atomic E-state index is 5.64. The molecule has 1 atom stereocenters. The first kappa shape index (κ1) is 15.2. The van der Waals surface area contributed by atoms with Crippen molar-refractivity contribution in [2.75, 3.05) is 32.3 Å². The van der Waals surface area contributed by atoms with Crippen LogP contribution in [0.1, 0.15) is 25.5 Å². The summed E-state index contributed by atoms with van der Waals surface area (Å²) in [4.78, 5) is 0. The van der Waals surface area contributed by atoms with Gasteiger partial charge in [0.1, 0.15) is 0 Å². The van der Waals surface area contributed by atoms with Gasteiger partial charge in [-0.3, -0.25) is 0 Å². The fourth-order valence-electron chi connectivity index (χ4n) is 1.80. The van der Waals surface area contributed by atoms with Crippen LogP contribution in [0.4, 0.5) is 0 Å². The number of nitrogens with one attached hydrogen (secondary N) is 1. The third-order valence-electron chi connectivity index (χ3n) is 2.65. The van der Waals surface area contributed by atoms with Crippen molar-refractivity contribution in [3.05, 3.63) is 23.8 Å². The zero-order valence-corrected chi connectivity index (χ0v) is 12.5. The summed E-state index contributed by atoms with van der Waals surface area (Å²) < 4.78 is 11.2. The zero-order valence-electron chi connectivity index (χ0n) is 11.7. The molecular formula is C14H23NO2S. The highest BCUT2D eigenvalue weighted by Crippen LogP contribution is 2.31. The minimum Gasteiger partial charge on any atom is -0.490 e. The Morgan fingerprint density at radius 1 is 1.17 bits per heavy atom. The minimum atomic E-state index is 0.342. The molecule has 0 heterocycles. The molecule has 0 aliphatic heterocycles. The van der Waals surface area contributed by atoms with Gasteiger partial charge in [-0.2, -0.15) is 11.8 Å². The van der Waals surface area contributed by atoms with Crippen LogP contribution in [-0.4, -0.2) is 32.3 Å². The van der Waals surface area contributed by atoms with Gasteiger partial charge in [0.2, 0.25) is 0 Å². The van der Waals surface area contributed by atoms with Gasteiger partial charge < -0.3 is 14.8 Å². The molecule has 0 saturated carbocycles. The number of thioether (sulfide) groups is 1. The molecule has 1 unspecified atom stereocenters. The fourth-order valence-corrected chi connectivity index (χ4v) is 2.49. The lowest BCUT2D eigenvalue weighted by atomic mass is 10.1. The molecule has 3 nitrogen and oxygen atoms in total. The van der Waals surface area contributed by atoms with Crippen molar-refractivity contribution in [2.24, 2.45) is 0 Å². The maximum Gasteiger partial charge on any atom is 0.161 e. The monoisotopic (exact) mass is 269 g/mol. The first-order valence-electron chi connectivity index (χ1n) is 6.32. The lowest BCUT2D eigenvalue weighted by molar-refractivity contribution is 0.287. The van der Waals surface area contributed by atoms with E-state index in [9.17, 15) is 0 Å². The Bertz CT molecular complexity index is 358. The van der Waals surface area contributed by atoms with Gasteiger partial charge >= 0.3 is 0 Å². The number of benzene rings is 1. The van der Waals surface area contributed by atoms with E-state index in [0.717, 1.165) is 17.3 Å². The van der Waals surface area contributed by atoms with Gasteiger partial charge in [-0.25, -0.2) is 0 Å². The van der Waals surface area contributed by atoms with Gasteiger partial charge in [-0.05, 0) is 44.8 Å². The summed E-state index contributed by atoms with van der Waals surface area (Å²) in [5, 5.41) is 3.32. The summed E-state index contributed by atoms with van der Waals surface area (Å²) in [5.41, 5.74) is 1.23. The molecule has 0 fully saturated rings. The summed E-state index contributed by atoms with van der Waals surface area (Å²) in [6, 6.07) is 6.51. The predicted molar refractivity (Wildman–Crippen MR) is 79.0 cm³/mol. The molecule has 0 saturated heterocycles. The second-order valence-corrected chi connectivity index (χ2v) is 4.78. The van der Waals surface area contributed by atoms with Gasteiger partial charge in [0.05, 0.1) is 13.2 Å². The van der Waals surface area contributed by atoms with Crippen molar-refractivity contribution in [1.29, 1.82) is 0 Å². The highest BCUT2D eigenvalue weighted by molar-refractivity contribution is 7.98. The van der Waals surface area contributed by atoms with E-state index in [-0.39, 0.29) is 0 Å². The molecule has 4 heteroatoms. The summed E-state index contributed by atoms with van der Waals surface area (Å²) >= 11 is 1.83. The van der Waals surface area contributed by atoms with E-state index in [1.807, 2.05) is 38.7 Å². The average Bonchev–Trinajstić information content (AvgIpc) is 2.38. The van der Waals surface area contributed by atoms with Crippen LogP contribution in [0.15, 0.2) is 18.2 Å². The van der Waals surface area contributed by atoms with Crippen molar-refractivity contribution in [1.82, 2.24) is 5.32 Å². The topological polar surface area (TPSA) is 30.5 Å². The van der Waals surface area contributed by atoms with Gasteiger partial charge in [0.15, 0.2) is 11.5 Å². The van der Waals surface area contributed by atoms with Crippen LogP contribution in [0.25, 0.3) is 0 Å². The predicted octanol–water partition coefficient (Wildman–Crippen LogP) is 3.11. The third-order valence-corrected chi connectivity index (χ3v) is 3.32. The lowest BCUT2D eigenvalue weighted by Gasteiger charge is -2.18. The molecule has 1 rings (SSSR count). The van der Waals surface area contributed by atoms with E-state index in [4.69, 9.17) is 9.47 Å². The van der Waals surface area contributed by atoms with E-state index in [1.54, 1.807) is 0 Å². The van der Waals surface area contributed by atoms with Crippen molar-refractivity contribution in [3.63, 3.8) is 0 Å². The Kier molecular flexibility index (Phi) is 6.98. The molecule has 0 bridgehead atoms. The molecule has 102 valence electrons. The molecule has 0 spiro atoms. The SMILES string of the molecule is CCOc1ccc(C(CSC)NC)cc1OCC. The largest absolute Gasteiger partial charge is 0.490 e. The quantitative estimate of drug-likeness (QED) is 0.785. The van der Waals surface area contributed by atoms with Gasteiger partial charge in [-0.15, -0.1) is 0 Å². The Hall–Kier alpha value is -0.870. The zero-order chi connectivity index (χ0) is 13.4. The van der Waals surface area contributed by atoms with Crippen LogP contribution >= 0.6 is 11.8 Å². The van der Waals surface area contributed by atoms with E-state index >= 15 is 0 Å². The molecule has 0 amide bonds. The lowest BCUT2D eigenvalue weighted by Crippen LogP contribution is -2.18. The van der Waals surface area contributed by atoms with Gasteiger partial charge in [-0.1, -0.05) is 6.07 Å². The molecule has 0 aromatic heterocycles. The normalized spacial score (nSPS) is 12.2. The Morgan fingerprint density at radius 3 is 2.39 bits per heavy atom. The molecule has 0 aliphatic rings. The molecule has 1 N–H and O–H groups in total. The van der Waals surface area contributed by atoms with Crippen molar-refractivity contribution < 1.29 is 9.47 Å². The van der Waals surface area contributed by atoms with Crippen LogP contribution in [0, 0.1) is 0 Å². The van der Waals surface area contributed by atoms with Gasteiger partial charge in [0.25, 0.3) is 0 Å². The number of hydrogen-bond acceptors (Lipinski definition) is 4. The summed E-state index contributed by atoms with van der Waals surface area (Å²) in [5.74, 6) is 2.69. The van der Waals surface area contributed by atoms with Crippen LogP contribution in [0.2, 0.25) is 0 Å².